The minimum Gasteiger partial charge on any atom is -0.465 e. The monoisotopic (exact) mass is 231 g/mol. The van der Waals surface area contributed by atoms with Crippen LogP contribution in [0.4, 0.5) is 0 Å². The standard InChI is InChI=1S/C12H13N3O2/c1-4-5-10-11-9(12(16)17-3)6-8(2)15(11)14-7-13-10/h4,6-7H,1,5H2,2-3H3. The first kappa shape index (κ1) is 11.3. The molecule has 2 heterocycles. The lowest BCUT2D eigenvalue weighted by molar-refractivity contribution is 0.0603. The van der Waals surface area contributed by atoms with Crippen molar-refractivity contribution in [2.24, 2.45) is 0 Å². The first-order valence-corrected chi connectivity index (χ1v) is 5.20. The normalized spacial score (nSPS) is 10.5. The number of rotatable bonds is 3. The first-order valence-electron chi connectivity index (χ1n) is 5.20. The average Bonchev–Trinajstić information content (AvgIpc) is 2.68. The molecule has 2 rings (SSSR count). The molecule has 0 bridgehead atoms. The Morgan fingerprint density at radius 1 is 1.65 bits per heavy atom. The van der Waals surface area contributed by atoms with Crippen LogP contribution in [0.3, 0.4) is 0 Å². The second kappa shape index (κ2) is 4.37. The van der Waals surface area contributed by atoms with E-state index in [-0.39, 0.29) is 5.97 Å². The third-order valence-corrected chi connectivity index (χ3v) is 2.55. The molecule has 2 aromatic rings. The maximum Gasteiger partial charge on any atom is 0.340 e. The van der Waals surface area contributed by atoms with Gasteiger partial charge in [-0.25, -0.2) is 14.3 Å². The van der Waals surface area contributed by atoms with Crippen LogP contribution in [0, 0.1) is 6.92 Å². The Morgan fingerprint density at radius 3 is 3.06 bits per heavy atom. The predicted molar refractivity (Wildman–Crippen MR) is 63.0 cm³/mol. The van der Waals surface area contributed by atoms with Crippen molar-refractivity contribution in [3.63, 3.8) is 0 Å². The number of aryl methyl sites for hydroxylation is 1. The summed E-state index contributed by atoms with van der Waals surface area (Å²) >= 11 is 0. The van der Waals surface area contributed by atoms with Crippen LogP contribution in [0.25, 0.3) is 5.52 Å². The molecule has 0 amide bonds. The minimum atomic E-state index is -0.379. The van der Waals surface area contributed by atoms with E-state index < -0.39 is 0 Å². The molecular weight excluding hydrogens is 218 g/mol. The van der Waals surface area contributed by atoms with Gasteiger partial charge in [0.05, 0.1) is 18.4 Å². The van der Waals surface area contributed by atoms with Crippen molar-refractivity contribution in [1.29, 1.82) is 0 Å². The predicted octanol–water partition coefficient (Wildman–Crippen LogP) is 1.55. The van der Waals surface area contributed by atoms with Gasteiger partial charge in [-0.3, -0.25) is 0 Å². The number of carbonyl (C=O) groups excluding carboxylic acids is 1. The molecule has 0 aliphatic heterocycles. The van der Waals surface area contributed by atoms with Gasteiger partial charge in [-0.05, 0) is 13.0 Å². The summed E-state index contributed by atoms with van der Waals surface area (Å²) in [7, 11) is 1.36. The Balaban J connectivity index is 2.76. The second-order valence-corrected chi connectivity index (χ2v) is 3.65. The summed E-state index contributed by atoms with van der Waals surface area (Å²) in [6, 6.07) is 1.75. The Hall–Kier alpha value is -2.17. The van der Waals surface area contributed by atoms with E-state index in [1.807, 2.05) is 6.92 Å². The number of aromatic nitrogens is 3. The van der Waals surface area contributed by atoms with Gasteiger partial charge in [0, 0.05) is 12.1 Å². The largest absolute Gasteiger partial charge is 0.465 e. The van der Waals surface area contributed by atoms with Gasteiger partial charge in [0.15, 0.2) is 0 Å². The van der Waals surface area contributed by atoms with Gasteiger partial charge >= 0.3 is 5.97 Å². The Kier molecular flexibility index (Phi) is 2.91. The third kappa shape index (κ3) is 1.80. The number of methoxy groups -OCH3 is 1. The number of carbonyl (C=O) groups is 1. The fraction of sp³-hybridized carbons (Fsp3) is 0.250. The molecule has 0 aromatic carbocycles. The van der Waals surface area contributed by atoms with Crippen LogP contribution in [0.15, 0.2) is 25.0 Å². The summed E-state index contributed by atoms with van der Waals surface area (Å²) < 4.78 is 6.45. The van der Waals surface area contributed by atoms with E-state index in [9.17, 15) is 4.79 Å². The van der Waals surface area contributed by atoms with E-state index >= 15 is 0 Å². The fourth-order valence-corrected chi connectivity index (χ4v) is 1.82. The van der Waals surface area contributed by atoms with Crippen molar-refractivity contribution in [3.05, 3.63) is 42.0 Å². The maximum absolute atomic E-state index is 11.7. The van der Waals surface area contributed by atoms with Gasteiger partial charge in [-0.1, -0.05) is 6.08 Å². The van der Waals surface area contributed by atoms with Crippen molar-refractivity contribution in [2.45, 2.75) is 13.3 Å². The van der Waals surface area contributed by atoms with Crippen LogP contribution < -0.4 is 0 Å². The van der Waals surface area contributed by atoms with Crippen molar-refractivity contribution < 1.29 is 9.53 Å². The summed E-state index contributed by atoms with van der Waals surface area (Å²) in [6.45, 7) is 5.56. The number of hydrogen-bond acceptors (Lipinski definition) is 4. The number of ether oxygens (including phenoxy) is 1. The molecule has 0 atom stereocenters. The van der Waals surface area contributed by atoms with Gasteiger partial charge in [-0.15, -0.1) is 6.58 Å². The van der Waals surface area contributed by atoms with Crippen LogP contribution in [-0.2, 0) is 11.2 Å². The highest BCUT2D eigenvalue weighted by Gasteiger charge is 2.18. The molecule has 17 heavy (non-hydrogen) atoms. The highest BCUT2D eigenvalue weighted by Crippen LogP contribution is 2.19. The SMILES string of the molecule is C=CCc1ncnn2c(C)cc(C(=O)OC)c12. The lowest BCUT2D eigenvalue weighted by Crippen LogP contribution is -2.05. The summed E-state index contributed by atoms with van der Waals surface area (Å²) in [6.07, 6.45) is 3.80. The summed E-state index contributed by atoms with van der Waals surface area (Å²) in [4.78, 5) is 15.9. The Labute approximate surface area is 98.7 Å². The quantitative estimate of drug-likeness (QED) is 0.594. The molecule has 0 spiro atoms. The smallest absolute Gasteiger partial charge is 0.340 e. The minimum absolute atomic E-state index is 0.379. The fourth-order valence-electron chi connectivity index (χ4n) is 1.82. The van der Waals surface area contributed by atoms with Gasteiger partial charge in [0.1, 0.15) is 11.8 Å². The molecule has 0 radical (unpaired) electrons. The van der Waals surface area contributed by atoms with Crippen LogP contribution in [0.1, 0.15) is 21.7 Å². The highest BCUT2D eigenvalue weighted by molar-refractivity contribution is 5.98. The summed E-state index contributed by atoms with van der Waals surface area (Å²) in [5, 5.41) is 4.12. The lowest BCUT2D eigenvalue weighted by Gasteiger charge is -2.03. The molecule has 0 unspecified atom stereocenters. The van der Waals surface area contributed by atoms with Crippen molar-refractivity contribution in [3.8, 4) is 0 Å². The maximum atomic E-state index is 11.7. The zero-order valence-corrected chi connectivity index (χ0v) is 9.80. The number of fused-ring (bicyclic) bond motifs is 1. The molecule has 0 saturated heterocycles. The van der Waals surface area contributed by atoms with E-state index in [0.29, 0.717) is 17.5 Å². The first-order chi connectivity index (χ1) is 8.19. The number of allylic oxidation sites excluding steroid dienone is 1. The topological polar surface area (TPSA) is 56.5 Å². The Morgan fingerprint density at radius 2 is 2.41 bits per heavy atom. The third-order valence-electron chi connectivity index (χ3n) is 2.55. The van der Waals surface area contributed by atoms with Gasteiger partial charge in [-0.2, -0.15) is 5.10 Å². The van der Waals surface area contributed by atoms with Crippen molar-refractivity contribution >= 4 is 11.5 Å². The summed E-state index contributed by atoms with van der Waals surface area (Å²) in [5.74, 6) is -0.379. The molecule has 88 valence electrons. The zero-order chi connectivity index (χ0) is 12.4. The average molecular weight is 231 g/mol. The molecule has 2 aromatic heterocycles. The van der Waals surface area contributed by atoms with E-state index in [1.165, 1.54) is 13.4 Å². The highest BCUT2D eigenvalue weighted by atomic mass is 16.5. The molecule has 5 heteroatoms. The molecule has 0 aliphatic carbocycles. The molecule has 0 saturated carbocycles. The van der Waals surface area contributed by atoms with E-state index in [4.69, 9.17) is 4.74 Å². The van der Waals surface area contributed by atoms with Crippen molar-refractivity contribution in [2.75, 3.05) is 7.11 Å². The van der Waals surface area contributed by atoms with E-state index in [2.05, 4.69) is 16.7 Å². The van der Waals surface area contributed by atoms with Gasteiger partial charge in [0.2, 0.25) is 0 Å². The summed E-state index contributed by atoms with van der Waals surface area (Å²) in [5.41, 5.74) is 2.82. The molecule has 0 aliphatic rings. The van der Waals surface area contributed by atoms with Crippen LogP contribution in [0.5, 0.6) is 0 Å². The number of hydrogen-bond donors (Lipinski definition) is 0. The zero-order valence-electron chi connectivity index (χ0n) is 9.80. The van der Waals surface area contributed by atoms with Gasteiger partial charge < -0.3 is 4.74 Å². The molecule has 5 nitrogen and oxygen atoms in total. The van der Waals surface area contributed by atoms with Crippen LogP contribution in [0.2, 0.25) is 0 Å². The van der Waals surface area contributed by atoms with Crippen LogP contribution >= 0.6 is 0 Å². The van der Waals surface area contributed by atoms with Crippen LogP contribution in [-0.4, -0.2) is 27.7 Å². The van der Waals surface area contributed by atoms with E-state index in [1.54, 1.807) is 16.7 Å². The molecule has 0 N–H and O–H groups in total. The van der Waals surface area contributed by atoms with Crippen molar-refractivity contribution in [1.82, 2.24) is 14.6 Å². The van der Waals surface area contributed by atoms with Gasteiger partial charge in [0.25, 0.3) is 0 Å². The molecule has 0 fully saturated rings. The molecular formula is C12H13N3O2. The second-order valence-electron chi connectivity index (χ2n) is 3.65. The Bertz CT molecular complexity index is 587. The number of nitrogens with zero attached hydrogens (tertiary/aromatic N) is 3. The lowest BCUT2D eigenvalue weighted by atomic mass is 10.2. The number of esters is 1. The van der Waals surface area contributed by atoms with E-state index in [0.717, 1.165) is 11.4 Å².